The molecule has 0 aromatic heterocycles. The highest BCUT2D eigenvalue weighted by Crippen LogP contribution is 2.15. The fraction of sp³-hybridized carbons (Fsp3) is 0.909. The van der Waals surface area contributed by atoms with Gasteiger partial charge in [-0.25, -0.2) is 0 Å². The predicted molar refractivity (Wildman–Crippen MR) is 63.0 cm³/mol. The van der Waals surface area contributed by atoms with E-state index in [9.17, 15) is 0 Å². The molecular formula is C11H23N3O. The standard InChI is InChI=1S/C11H23N3O/c1-3-4-5-6-10-9-13-11(12)14(10)7-8-15-2/h10H,3-9H2,1-2H3,(H2,12,13). The van der Waals surface area contributed by atoms with Gasteiger partial charge in [0, 0.05) is 13.7 Å². The van der Waals surface area contributed by atoms with Gasteiger partial charge in [-0.05, 0) is 6.42 Å². The molecule has 1 aliphatic heterocycles. The number of hydrogen-bond donors (Lipinski definition) is 1. The van der Waals surface area contributed by atoms with Crippen LogP contribution >= 0.6 is 0 Å². The Morgan fingerprint density at radius 2 is 2.33 bits per heavy atom. The monoisotopic (exact) mass is 213 g/mol. The summed E-state index contributed by atoms with van der Waals surface area (Å²) in [6.45, 7) is 4.67. The van der Waals surface area contributed by atoms with Gasteiger partial charge in [0.05, 0.1) is 19.2 Å². The maximum absolute atomic E-state index is 5.83. The molecule has 0 aromatic rings. The van der Waals surface area contributed by atoms with E-state index in [0.29, 0.717) is 12.0 Å². The molecule has 1 atom stereocenters. The van der Waals surface area contributed by atoms with Crippen LogP contribution in [0.15, 0.2) is 4.99 Å². The average molecular weight is 213 g/mol. The summed E-state index contributed by atoms with van der Waals surface area (Å²) in [5, 5.41) is 0. The van der Waals surface area contributed by atoms with Crippen molar-refractivity contribution in [3.8, 4) is 0 Å². The maximum Gasteiger partial charge on any atom is 0.191 e. The molecule has 0 amide bonds. The van der Waals surface area contributed by atoms with Crippen LogP contribution in [0.5, 0.6) is 0 Å². The van der Waals surface area contributed by atoms with E-state index in [1.165, 1.54) is 25.7 Å². The summed E-state index contributed by atoms with van der Waals surface area (Å²) < 4.78 is 5.07. The van der Waals surface area contributed by atoms with Gasteiger partial charge in [-0.2, -0.15) is 0 Å². The first kappa shape index (κ1) is 12.3. The Hall–Kier alpha value is -0.770. The van der Waals surface area contributed by atoms with Gasteiger partial charge in [-0.3, -0.25) is 4.99 Å². The molecule has 0 bridgehead atoms. The third-order valence-electron chi connectivity index (χ3n) is 2.88. The SMILES string of the molecule is CCCCCC1CN=C(N)N1CCOC. The molecule has 1 aliphatic rings. The molecule has 2 N–H and O–H groups in total. The molecule has 4 heteroatoms. The topological polar surface area (TPSA) is 50.8 Å². The second-order valence-electron chi connectivity index (χ2n) is 4.03. The fourth-order valence-corrected chi connectivity index (χ4v) is 1.94. The van der Waals surface area contributed by atoms with Crippen LogP contribution in [0.3, 0.4) is 0 Å². The summed E-state index contributed by atoms with van der Waals surface area (Å²) in [6.07, 6.45) is 5.03. The first-order chi connectivity index (χ1) is 7.29. The van der Waals surface area contributed by atoms with E-state index >= 15 is 0 Å². The summed E-state index contributed by atoms with van der Waals surface area (Å²) in [7, 11) is 1.72. The smallest absolute Gasteiger partial charge is 0.191 e. The minimum atomic E-state index is 0.506. The van der Waals surface area contributed by atoms with Crippen molar-refractivity contribution in [2.45, 2.75) is 38.6 Å². The van der Waals surface area contributed by atoms with Crippen LogP contribution < -0.4 is 5.73 Å². The molecule has 4 nitrogen and oxygen atoms in total. The van der Waals surface area contributed by atoms with Crippen molar-refractivity contribution in [1.82, 2.24) is 4.90 Å². The zero-order valence-corrected chi connectivity index (χ0v) is 9.91. The first-order valence-electron chi connectivity index (χ1n) is 5.85. The highest BCUT2D eigenvalue weighted by molar-refractivity contribution is 5.80. The van der Waals surface area contributed by atoms with E-state index in [2.05, 4.69) is 16.8 Å². The number of rotatable bonds is 7. The highest BCUT2D eigenvalue weighted by atomic mass is 16.5. The summed E-state index contributed by atoms with van der Waals surface area (Å²) in [4.78, 5) is 6.48. The van der Waals surface area contributed by atoms with Crippen molar-refractivity contribution in [2.24, 2.45) is 10.7 Å². The highest BCUT2D eigenvalue weighted by Gasteiger charge is 2.24. The Labute approximate surface area is 92.5 Å². The number of nitrogens with zero attached hydrogens (tertiary/aromatic N) is 2. The lowest BCUT2D eigenvalue weighted by Crippen LogP contribution is -2.42. The van der Waals surface area contributed by atoms with Gasteiger partial charge < -0.3 is 15.4 Å². The van der Waals surface area contributed by atoms with E-state index in [0.717, 1.165) is 19.7 Å². The molecule has 0 fully saturated rings. The zero-order valence-electron chi connectivity index (χ0n) is 9.91. The normalized spacial score (nSPS) is 20.8. The fourth-order valence-electron chi connectivity index (χ4n) is 1.94. The quantitative estimate of drug-likeness (QED) is 0.647. The third-order valence-corrected chi connectivity index (χ3v) is 2.88. The molecule has 88 valence electrons. The largest absolute Gasteiger partial charge is 0.383 e. The van der Waals surface area contributed by atoms with Gasteiger partial charge in [0.2, 0.25) is 0 Å². The average Bonchev–Trinajstić information content (AvgIpc) is 2.58. The lowest BCUT2D eigenvalue weighted by Gasteiger charge is -2.25. The molecule has 0 saturated carbocycles. The summed E-state index contributed by atoms with van der Waals surface area (Å²) in [6, 6.07) is 0.506. The maximum atomic E-state index is 5.83. The Kier molecular flexibility index (Phi) is 5.47. The Bertz CT molecular complexity index is 206. The van der Waals surface area contributed by atoms with Gasteiger partial charge in [0.15, 0.2) is 5.96 Å². The molecule has 1 heterocycles. The van der Waals surface area contributed by atoms with Crippen molar-refractivity contribution >= 4 is 5.96 Å². The zero-order chi connectivity index (χ0) is 11.1. The van der Waals surface area contributed by atoms with E-state index in [-0.39, 0.29) is 0 Å². The van der Waals surface area contributed by atoms with Crippen LogP contribution in [0.25, 0.3) is 0 Å². The molecule has 0 aromatic carbocycles. The van der Waals surface area contributed by atoms with Crippen LogP contribution in [0.2, 0.25) is 0 Å². The molecular weight excluding hydrogens is 190 g/mol. The van der Waals surface area contributed by atoms with Crippen molar-refractivity contribution < 1.29 is 4.74 Å². The second-order valence-corrected chi connectivity index (χ2v) is 4.03. The first-order valence-corrected chi connectivity index (χ1v) is 5.85. The molecule has 0 spiro atoms. The van der Waals surface area contributed by atoms with Gasteiger partial charge in [0.1, 0.15) is 0 Å². The van der Waals surface area contributed by atoms with Crippen LogP contribution in [0.1, 0.15) is 32.6 Å². The lowest BCUT2D eigenvalue weighted by molar-refractivity contribution is 0.164. The number of guanidine groups is 1. The number of hydrogen-bond acceptors (Lipinski definition) is 4. The summed E-state index contributed by atoms with van der Waals surface area (Å²) in [5.41, 5.74) is 5.83. The van der Waals surface area contributed by atoms with E-state index < -0.39 is 0 Å². The van der Waals surface area contributed by atoms with Crippen LogP contribution in [0, 0.1) is 0 Å². The molecule has 0 aliphatic carbocycles. The third kappa shape index (κ3) is 3.70. The summed E-state index contributed by atoms with van der Waals surface area (Å²) >= 11 is 0. The molecule has 15 heavy (non-hydrogen) atoms. The Balaban J connectivity index is 2.30. The van der Waals surface area contributed by atoms with Gasteiger partial charge in [-0.1, -0.05) is 26.2 Å². The summed E-state index contributed by atoms with van der Waals surface area (Å²) in [5.74, 6) is 0.688. The van der Waals surface area contributed by atoms with Gasteiger partial charge in [-0.15, -0.1) is 0 Å². The van der Waals surface area contributed by atoms with E-state index in [1.54, 1.807) is 7.11 Å². The van der Waals surface area contributed by atoms with Crippen molar-refractivity contribution in [1.29, 1.82) is 0 Å². The van der Waals surface area contributed by atoms with Crippen molar-refractivity contribution in [3.05, 3.63) is 0 Å². The van der Waals surface area contributed by atoms with Crippen molar-refractivity contribution in [3.63, 3.8) is 0 Å². The van der Waals surface area contributed by atoms with Gasteiger partial charge in [0.25, 0.3) is 0 Å². The number of ether oxygens (including phenoxy) is 1. The van der Waals surface area contributed by atoms with Crippen LogP contribution in [-0.2, 0) is 4.74 Å². The molecule has 0 saturated heterocycles. The van der Waals surface area contributed by atoms with Crippen molar-refractivity contribution in [2.75, 3.05) is 26.8 Å². The lowest BCUT2D eigenvalue weighted by atomic mass is 10.1. The van der Waals surface area contributed by atoms with Crippen LogP contribution in [-0.4, -0.2) is 43.7 Å². The Morgan fingerprint density at radius 1 is 1.53 bits per heavy atom. The number of nitrogens with two attached hydrogens (primary N) is 1. The van der Waals surface area contributed by atoms with E-state index in [4.69, 9.17) is 10.5 Å². The minimum Gasteiger partial charge on any atom is -0.383 e. The molecule has 1 unspecified atom stereocenters. The number of unbranched alkanes of at least 4 members (excludes halogenated alkanes) is 2. The van der Waals surface area contributed by atoms with Gasteiger partial charge >= 0.3 is 0 Å². The molecule has 0 radical (unpaired) electrons. The number of methoxy groups -OCH3 is 1. The minimum absolute atomic E-state index is 0.506. The Morgan fingerprint density at radius 3 is 3.00 bits per heavy atom. The predicted octanol–water partition coefficient (Wildman–Crippen LogP) is 1.21. The number of aliphatic imine (C=N–C) groups is 1. The molecule has 1 rings (SSSR count). The second kappa shape index (κ2) is 6.67. The van der Waals surface area contributed by atoms with E-state index in [1.807, 2.05) is 0 Å². The van der Waals surface area contributed by atoms with Crippen LogP contribution in [0.4, 0.5) is 0 Å².